The summed E-state index contributed by atoms with van der Waals surface area (Å²) in [4.78, 5) is 1.29. The zero-order chi connectivity index (χ0) is 9.54. The molecule has 0 atom stereocenters. The van der Waals surface area contributed by atoms with E-state index < -0.39 is 0 Å². The molecule has 0 spiro atoms. The van der Waals surface area contributed by atoms with Crippen LogP contribution in [0.4, 0.5) is 0 Å². The third-order valence-corrected chi connectivity index (χ3v) is 3.93. The second-order valence-corrected chi connectivity index (χ2v) is 5.00. The quantitative estimate of drug-likeness (QED) is 0.673. The Morgan fingerprint density at radius 3 is 2.93 bits per heavy atom. The predicted octanol–water partition coefficient (Wildman–Crippen LogP) is 4.42. The Kier molecular flexibility index (Phi) is 1.74. The first-order valence-corrected chi connectivity index (χ1v) is 5.85. The molecule has 0 aliphatic heterocycles. The van der Waals surface area contributed by atoms with E-state index in [1.54, 1.807) is 5.56 Å². The maximum absolute atomic E-state index is 3.83. The van der Waals surface area contributed by atoms with Crippen LogP contribution < -0.4 is 0 Å². The molecule has 14 heavy (non-hydrogen) atoms. The summed E-state index contributed by atoms with van der Waals surface area (Å²) in [5.74, 6) is 0.839. The number of benzene rings is 1. The highest BCUT2D eigenvalue weighted by atomic mass is 32.1. The fraction of sp³-hybridized carbons (Fsp3) is 0.231. The van der Waals surface area contributed by atoms with Crippen LogP contribution in [-0.4, -0.2) is 0 Å². The summed E-state index contributed by atoms with van der Waals surface area (Å²) in [5.41, 5.74) is 1.55. The van der Waals surface area contributed by atoms with Gasteiger partial charge in [0.2, 0.25) is 0 Å². The molecule has 3 rings (SSSR count). The van der Waals surface area contributed by atoms with E-state index in [4.69, 9.17) is 0 Å². The molecule has 1 saturated carbocycles. The lowest BCUT2D eigenvalue weighted by Crippen LogP contribution is -1.77. The van der Waals surface area contributed by atoms with Crippen molar-refractivity contribution in [1.82, 2.24) is 0 Å². The highest BCUT2D eigenvalue weighted by molar-refractivity contribution is 7.19. The first kappa shape index (κ1) is 8.25. The van der Waals surface area contributed by atoms with E-state index in [0.29, 0.717) is 0 Å². The summed E-state index contributed by atoms with van der Waals surface area (Å²) >= 11 is 1.84. The average Bonchev–Trinajstić information content (AvgIpc) is 2.96. The molecule has 0 amide bonds. The smallest absolute Gasteiger partial charge is 0.0352 e. The molecule has 1 heterocycles. The van der Waals surface area contributed by atoms with Crippen LogP contribution in [0, 0.1) is 0 Å². The number of fused-ring (bicyclic) bond motifs is 1. The first-order valence-electron chi connectivity index (χ1n) is 5.03. The molecule has 0 radical (unpaired) electrons. The van der Waals surface area contributed by atoms with Crippen LogP contribution in [0.1, 0.15) is 29.2 Å². The summed E-state index contributed by atoms with van der Waals surface area (Å²) < 4.78 is 1.41. The Hall–Kier alpha value is -1.08. The Bertz CT molecular complexity index is 489. The van der Waals surface area contributed by atoms with Crippen molar-refractivity contribution < 1.29 is 0 Å². The van der Waals surface area contributed by atoms with Gasteiger partial charge in [0.15, 0.2) is 0 Å². The first-order chi connectivity index (χ1) is 6.88. The van der Waals surface area contributed by atoms with E-state index in [0.717, 1.165) is 5.92 Å². The van der Waals surface area contributed by atoms with Gasteiger partial charge in [-0.2, -0.15) is 0 Å². The Morgan fingerprint density at radius 1 is 1.36 bits per heavy atom. The van der Waals surface area contributed by atoms with Gasteiger partial charge in [-0.15, -0.1) is 11.3 Å². The molecule has 0 bridgehead atoms. The average molecular weight is 200 g/mol. The number of hydrogen-bond donors (Lipinski definition) is 0. The number of thiophene rings is 1. The molecule has 0 nitrogen and oxygen atoms in total. The molecule has 0 N–H and O–H groups in total. The molecule has 1 aromatic carbocycles. The van der Waals surface area contributed by atoms with E-state index in [1.165, 1.54) is 27.8 Å². The highest BCUT2D eigenvalue weighted by Crippen LogP contribution is 2.44. The van der Waals surface area contributed by atoms with E-state index in [1.807, 2.05) is 17.4 Å². The van der Waals surface area contributed by atoms with Crippen LogP contribution in [0.2, 0.25) is 0 Å². The van der Waals surface area contributed by atoms with Crippen molar-refractivity contribution in [3.63, 3.8) is 0 Å². The van der Waals surface area contributed by atoms with Gasteiger partial charge in [-0.1, -0.05) is 24.8 Å². The zero-order valence-corrected chi connectivity index (χ0v) is 8.81. The van der Waals surface area contributed by atoms with Gasteiger partial charge in [-0.25, -0.2) is 0 Å². The van der Waals surface area contributed by atoms with Gasteiger partial charge in [-0.05, 0) is 41.8 Å². The fourth-order valence-corrected chi connectivity index (χ4v) is 2.90. The van der Waals surface area contributed by atoms with Gasteiger partial charge >= 0.3 is 0 Å². The Labute approximate surface area is 87.9 Å². The second kappa shape index (κ2) is 2.96. The molecule has 0 unspecified atom stereocenters. The maximum atomic E-state index is 3.83. The minimum atomic E-state index is 0.839. The minimum Gasteiger partial charge on any atom is -0.136 e. The van der Waals surface area contributed by atoms with Gasteiger partial charge in [0.05, 0.1) is 0 Å². The molecule has 1 fully saturated rings. The topological polar surface area (TPSA) is 0 Å². The van der Waals surface area contributed by atoms with Crippen molar-refractivity contribution in [3.8, 4) is 0 Å². The van der Waals surface area contributed by atoms with Gasteiger partial charge in [0, 0.05) is 9.58 Å². The monoisotopic (exact) mass is 200 g/mol. The van der Waals surface area contributed by atoms with Crippen molar-refractivity contribution in [3.05, 3.63) is 41.3 Å². The van der Waals surface area contributed by atoms with Crippen LogP contribution in [0.25, 0.3) is 16.2 Å². The number of hydrogen-bond acceptors (Lipinski definition) is 1. The maximum Gasteiger partial charge on any atom is 0.0352 e. The second-order valence-electron chi connectivity index (χ2n) is 3.89. The lowest BCUT2D eigenvalue weighted by molar-refractivity contribution is 1.15. The van der Waals surface area contributed by atoms with E-state index in [2.05, 4.69) is 30.8 Å². The minimum absolute atomic E-state index is 0.839. The summed E-state index contributed by atoms with van der Waals surface area (Å²) in [6, 6.07) is 8.94. The van der Waals surface area contributed by atoms with Crippen molar-refractivity contribution in [2.45, 2.75) is 18.8 Å². The van der Waals surface area contributed by atoms with Crippen LogP contribution in [0.3, 0.4) is 0 Å². The standard InChI is InChI=1S/C13H12S/c1-2-10-8-12-11(9-6-7-9)4-3-5-13(12)14-10/h2-5,8-9H,1,6-7H2. The molecular formula is C13H12S. The molecule has 0 saturated heterocycles. The molecule has 1 aromatic heterocycles. The fourth-order valence-electron chi connectivity index (χ4n) is 1.95. The SMILES string of the molecule is C=Cc1cc2c(C3CC3)cccc2s1. The molecule has 1 heteroatoms. The highest BCUT2D eigenvalue weighted by Gasteiger charge is 2.25. The Balaban J connectivity index is 2.28. The number of rotatable bonds is 2. The van der Waals surface area contributed by atoms with Crippen LogP contribution in [0.5, 0.6) is 0 Å². The zero-order valence-electron chi connectivity index (χ0n) is 7.99. The lowest BCUT2D eigenvalue weighted by Gasteiger charge is -1.98. The normalized spacial score (nSPS) is 16.0. The van der Waals surface area contributed by atoms with E-state index >= 15 is 0 Å². The lowest BCUT2D eigenvalue weighted by atomic mass is 10.1. The van der Waals surface area contributed by atoms with Crippen molar-refractivity contribution in [2.24, 2.45) is 0 Å². The van der Waals surface area contributed by atoms with Crippen molar-refractivity contribution in [1.29, 1.82) is 0 Å². The van der Waals surface area contributed by atoms with E-state index in [-0.39, 0.29) is 0 Å². The van der Waals surface area contributed by atoms with Crippen molar-refractivity contribution in [2.75, 3.05) is 0 Å². The van der Waals surface area contributed by atoms with Gasteiger partial charge in [0.1, 0.15) is 0 Å². The van der Waals surface area contributed by atoms with Crippen LogP contribution in [-0.2, 0) is 0 Å². The summed E-state index contributed by atoms with van der Waals surface area (Å²) in [5, 5.41) is 1.45. The third-order valence-electron chi connectivity index (χ3n) is 2.83. The van der Waals surface area contributed by atoms with Crippen molar-refractivity contribution >= 4 is 27.5 Å². The van der Waals surface area contributed by atoms with Crippen LogP contribution >= 0.6 is 11.3 Å². The summed E-state index contributed by atoms with van der Waals surface area (Å²) in [7, 11) is 0. The molecule has 70 valence electrons. The van der Waals surface area contributed by atoms with E-state index in [9.17, 15) is 0 Å². The third kappa shape index (κ3) is 1.20. The Morgan fingerprint density at radius 2 is 2.21 bits per heavy atom. The molecule has 1 aliphatic carbocycles. The molecule has 1 aliphatic rings. The predicted molar refractivity (Wildman–Crippen MR) is 63.9 cm³/mol. The summed E-state index contributed by atoms with van der Waals surface area (Å²) in [6.07, 6.45) is 4.69. The van der Waals surface area contributed by atoms with Gasteiger partial charge < -0.3 is 0 Å². The molecule has 2 aromatic rings. The van der Waals surface area contributed by atoms with Gasteiger partial charge in [-0.3, -0.25) is 0 Å². The van der Waals surface area contributed by atoms with Crippen LogP contribution in [0.15, 0.2) is 30.8 Å². The van der Waals surface area contributed by atoms with Gasteiger partial charge in [0.25, 0.3) is 0 Å². The molecular weight excluding hydrogens is 188 g/mol. The largest absolute Gasteiger partial charge is 0.136 e. The summed E-state index contributed by atoms with van der Waals surface area (Å²) in [6.45, 7) is 3.83.